The van der Waals surface area contributed by atoms with Gasteiger partial charge in [0.25, 0.3) is 15.6 Å². The molecule has 232 valence electrons. The topological polar surface area (TPSA) is 141 Å². The van der Waals surface area contributed by atoms with Gasteiger partial charge in [0.2, 0.25) is 11.5 Å². The van der Waals surface area contributed by atoms with E-state index in [1.807, 2.05) is 97.6 Å². The average Bonchev–Trinajstić information content (AvgIpc) is 3.49. The molecular weight excluding hydrogens is 604 g/mol. The monoisotopic (exact) mass is 638 g/mol. The maximum Gasteiger partial charge on any atom is 0.374 e. The molecule has 0 amide bonds. The molecule has 0 radical (unpaired) electrons. The molecule has 0 saturated carbocycles. The van der Waals surface area contributed by atoms with Crippen LogP contribution in [-0.2, 0) is 26.8 Å². The second-order valence-corrected chi connectivity index (χ2v) is 13.8. The number of aromatic nitrogens is 1. The Morgan fingerprint density at radius 3 is 2.45 bits per heavy atom. The van der Waals surface area contributed by atoms with E-state index in [2.05, 4.69) is 0 Å². The highest BCUT2D eigenvalue weighted by atomic mass is 32.2. The van der Waals surface area contributed by atoms with Gasteiger partial charge in [-0.25, -0.2) is 8.42 Å². The zero-order valence-electron chi connectivity index (χ0n) is 24.5. The van der Waals surface area contributed by atoms with E-state index in [0.29, 0.717) is 48.0 Å². The molecular formula is C32H34N2O8S2. The number of benzene rings is 3. The highest BCUT2D eigenvalue weighted by molar-refractivity contribution is 7.85. The first-order valence-electron chi connectivity index (χ1n) is 14.3. The van der Waals surface area contributed by atoms with Crippen molar-refractivity contribution < 1.29 is 39.7 Å². The van der Waals surface area contributed by atoms with Crippen LogP contribution in [0.1, 0.15) is 37.6 Å². The van der Waals surface area contributed by atoms with E-state index >= 15 is 0 Å². The first kappa shape index (κ1) is 31.5. The summed E-state index contributed by atoms with van der Waals surface area (Å²) in [6.45, 7) is 4.35. The Morgan fingerprint density at radius 1 is 0.977 bits per heavy atom. The lowest BCUT2D eigenvalue weighted by atomic mass is 10.1. The van der Waals surface area contributed by atoms with Crippen molar-refractivity contribution in [2.24, 2.45) is 0 Å². The number of nitrogens with zero attached hydrogens (tertiary/aromatic N) is 2. The molecule has 10 nitrogen and oxygen atoms in total. The van der Waals surface area contributed by atoms with Gasteiger partial charge in [0.15, 0.2) is 12.3 Å². The number of hydrogen-bond acceptors (Lipinski definition) is 8. The van der Waals surface area contributed by atoms with Crippen molar-refractivity contribution in [3.05, 3.63) is 95.7 Å². The molecule has 12 heteroatoms. The fourth-order valence-electron chi connectivity index (χ4n) is 5.12. The largest absolute Gasteiger partial charge is 0.748 e. The summed E-state index contributed by atoms with van der Waals surface area (Å²) >= 11 is 0. The number of allylic oxidation sites excluding steroid dienone is 2. The van der Waals surface area contributed by atoms with Gasteiger partial charge in [-0.15, -0.1) is 0 Å². The maximum absolute atomic E-state index is 11.7. The standard InChI is InChI=1S/C32H34N2O8S2/c1-3-24(20-31-33(15-7-8-17-43(35,36)37)27-19-23(2)11-13-29(27)41-31)21-32-34(16-18-44(38,39)40)28-22-26(12-14-30(28)42-32)25-9-5-4-6-10-25/h4-6,9-14,19-22H,3,7-8,15-18H2,1-2H3,(H-,35,36,37,38,39,40). The van der Waals surface area contributed by atoms with Crippen LogP contribution in [0, 0.1) is 6.92 Å². The molecule has 5 rings (SSSR count). The number of hydrogen-bond donors (Lipinski definition) is 1. The van der Waals surface area contributed by atoms with Crippen LogP contribution >= 0.6 is 0 Å². The van der Waals surface area contributed by atoms with Crippen molar-refractivity contribution in [1.29, 1.82) is 0 Å². The van der Waals surface area contributed by atoms with E-state index in [4.69, 9.17) is 9.15 Å². The van der Waals surface area contributed by atoms with Crippen molar-refractivity contribution in [2.45, 2.75) is 39.7 Å². The number of oxazole rings is 1. The van der Waals surface area contributed by atoms with Crippen LogP contribution in [0.5, 0.6) is 5.75 Å². The van der Waals surface area contributed by atoms with Crippen molar-refractivity contribution >= 4 is 43.1 Å². The molecule has 2 heterocycles. The van der Waals surface area contributed by atoms with Gasteiger partial charge >= 0.3 is 5.89 Å². The summed E-state index contributed by atoms with van der Waals surface area (Å²) in [7, 11) is -8.54. The number of rotatable bonds is 12. The Labute approximate surface area is 257 Å². The number of unbranched alkanes of at least 4 members (excludes halogenated alkanes) is 1. The molecule has 1 aliphatic heterocycles. The second-order valence-electron chi connectivity index (χ2n) is 10.7. The van der Waals surface area contributed by atoms with Crippen molar-refractivity contribution in [3.63, 3.8) is 0 Å². The molecule has 0 atom stereocenters. The number of anilines is 1. The van der Waals surface area contributed by atoms with Gasteiger partial charge in [-0.3, -0.25) is 4.55 Å². The maximum atomic E-state index is 11.7. The molecule has 1 aromatic heterocycles. The van der Waals surface area contributed by atoms with Gasteiger partial charge in [-0.1, -0.05) is 49.4 Å². The van der Waals surface area contributed by atoms with E-state index < -0.39 is 31.7 Å². The van der Waals surface area contributed by atoms with E-state index in [1.54, 1.807) is 4.57 Å². The number of aryl methyl sites for hydroxylation is 2. The molecule has 1 N–H and O–H groups in total. The highest BCUT2D eigenvalue weighted by Gasteiger charge is 2.28. The summed E-state index contributed by atoms with van der Waals surface area (Å²) in [6, 6.07) is 21.3. The van der Waals surface area contributed by atoms with Crippen molar-refractivity contribution in [2.75, 3.05) is 23.0 Å². The van der Waals surface area contributed by atoms with E-state index in [9.17, 15) is 25.9 Å². The third kappa shape index (κ3) is 7.75. The van der Waals surface area contributed by atoms with Crippen molar-refractivity contribution in [3.8, 4) is 16.9 Å². The van der Waals surface area contributed by atoms with Crippen LogP contribution in [0.25, 0.3) is 28.3 Å². The van der Waals surface area contributed by atoms with Gasteiger partial charge in [-0.05, 0) is 66.6 Å². The first-order valence-corrected chi connectivity index (χ1v) is 17.5. The van der Waals surface area contributed by atoms with Crippen LogP contribution in [0.2, 0.25) is 0 Å². The van der Waals surface area contributed by atoms with E-state index in [-0.39, 0.29) is 13.0 Å². The van der Waals surface area contributed by atoms with Crippen LogP contribution in [0.4, 0.5) is 5.69 Å². The van der Waals surface area contributed by atoms with Gasteiger partial charge in [0, 0.05) is 24.4 Å². The minimum atomic E-state index is -4.30. The summed E-state index contributed by atoms with van der Waals surface area (Å²) < 4.78 is 80.4. The summed E-state index contributed by atoms with van der Waals surface area (Å²) in [6.07, 6.45) is 4.96. The van der Waals surface area contributed by atoms with E-state index in [1.165, 1.54) is 0 Å². The Hall–Kier alpha value is -3.97. The number of ether oxygens (including phenoxy) is 1. The lowest BCUT2D eigenvalue weighted by Gasteiger charge is -2.19. The van der Waals surface area contributed by atoms with Gasteiger partial charge in [0.05, 0.1) is 21.9 Å². The zero-order chi connectivity index (χ0) is 31.5. The molecule has 0 spiro atoms. The third-order valence-electron chi connectivity index (χ3n) is 7.35. The van der Waals surface area contributed by atoms with Crippen LogP contribution in [0.3, 0.4) is 0 Å². The predicted octanol–water partition coefficient (Wildman–Crippen LogP) is 5.44. The minimum absolute atomic E-state index is 0.0283. The van der Waals surface area contributed by atoms with Crippen LogP contribution < -0.4 is 14.2 Å². The lowest BCUT2D eigenvalue weighted by molar-refractivity contribution is -0.673. The summed E-state index contributed by atoms with van der Waals surface area (Å²) in [5, 5.41) is 0. The van der Waals surface area contributed by atoms with Crippen molar-refractivity contribution in [1.82, 2.24) is 0 Å². The number of fused-ring (bicyclic) bond motifs is 2. The molecule has 0 bridgehead atoms. The van der Waals surface area contributed by atoms with E-state index in [0.717, 1.165) is 28.0 Å². The zero-order valence-corrected chi connectivity index (χ0v) is 26.1. The summed E-state index contributed by atoms with van der Waals surface area (Å²) in [4.78, 5) is 1.96. The summed E-state index contributed by atoms with van der Waals surface area (Å²) in [5.41, 5.74) is 5.86. The average molecular weight is 639 g/mol. The molecule has 44 heavy (non-hydrogen) atoms. The molecule has 0 aliphatic carbocycles. The Morgan fingerprint density at radius 2 is 1.75 bits per heavy atom. The molecule has 3 aromatic carbocycles. The summed E-state index contributed by atoms with van der Waals surface area (Å²) in [5.74, 6) is 0.685. The smallest absolute Gasteiger partial charge is 0.374 e. The molecule has 4 aromatic rings. The lowest BCUT2D eigenvalue weighted by Crippen LogP contribution is -2.38. The molecule has 0 unspecified atom stereocenters. The SMILES string of the molecule is CCC(=Cc1oc2ccc(-c3ccccc3)cc2[n+]1CCS(=O)(=O)O)C=C1Oc2ccc(C)cc2N1CCCCS(=O)(=O)[O-]. The fourth-order valence-corrected chi connectivity index (χ4v) is 6.09. The van der Waals surface area contributed by atoms with Gasteiger partial charge < -0.3 is 18.6 Å². The molecule has 1 aliphatic rings. The van der Waals surface area contributed by atoms with Gasteiger partial charge in [0.1, 0.15) is 5.75 Å². The normalized spacial score (nSPS) is 14.8. The van der Waals surface area contributed by atoms with Crippen LogP contribution in [-0.4, -0.2) is 44.0 Å². The Bertz CT molecular complexity index is 1950. The van der Waals surface area contributed by atoms with Gasteiger partial charge in [-0.2, -0.15) is 13.0 Å². The predicted molar refractivity (Wildman–Crippen MR) is 168 cm³/mol. The van der Waals surface area contributed by atoms with Crippen LogP contribution in [0.15, 0.2) is 88.7 Å². The minimum Gasteiger partial charge on any atom is -0.748 e. The molecule has 0 fully saturated rings. The highest BCUT2D eigenvalue weighted by Crippen LogP contribution is 2.40. The Kier molecular flexibility index (Phi) is 9.26. The second kappa shape index (κ2) is 12.9. The fraction of sp³-hybridized carbons (Fsp3) is 0.281. The first-order chi connectivity index (χ1) is 20.9. The third-order valence-corrected chi connectivity index (χ3v) is 8.84. The quantitative estimate of drug-likeness (QED) is 0.122. The Balaban J connectivity index is 1.53. The molecule has 0 saturated heterocycles.